The summed E-state index contributed by atoms with van der Waals surface area (Å²) < 4.78 is 0. The van der Waals surface area contributed by atoms with Gasteiger partial charge in [0.15, 0.2) is 0 Å². The second-order valence-electron chi connectivity index (χ2n) is 5.73. The summed E-state index contributed by atoms with van der Waals surface area (Å²) >= 11 is 0. The third-order valence-corrected chi connectivity index (χ3v) is 2.87. The van der Waals surface area contributed by atoms with E-state index in [2.05, 4.69) is 59.1 Å². The van der Waals surface area contributed by atoms with Gasteiger partial charge in [-0.15, -0.1) is 0 Å². The molecule has 0 saturated carbocycles. The predicted molar refractivity (Wildman–Crippen MR) is 69.2 cm³/mol. The van der Waals surface area contributed by atoms with Crippen molar-refractivity contribution in [1.29, 1.82) is 0 Å². The summed E-state index contributed by atoms with van der Waals surface area (Å²) in [4.78, 5) is 0. The van der Waals surface area contributed by atoms with Gasteiger partial charge >= 0.3 is 0 Å². The molecule has 2 N–H and O–H groups in total. The average molecular weight is 214 g/mol. The normalized spacial score (nSPS) is 16.8. The third kappa shape index (κ3) is 4.98. The van der Waals surface area contributed by atoms with E-state index in [1.165, 1.54) is 0 Å². The van der Waals surface area contributed by atoms with Crippen molar-refractivity contribution < 1.29 is 0 Å². The van der Waals surface area contributed by atoms with Crippen LogP contribution in [0.2, 0.25) is 0 Å². The van der Waals surface area contributed by atoms with Gasteiger partial charge in [-0.25, -0.2) is 0 Å². The third-order valence-electron chi connectivity index (χ3n) is 2.87. The van der Waals surface area contributed by atoms with Gasteiger partial charge in [0.05, 0.1) is 0 Å². The highest BCUT2D eigenvalue weighted by molar-refractivity contribution is 4.92. The number of likely N-dealkylation sites (N-methyl/N-ethyl adjacent to an activating group) is 2. The first-order valence-corrected chi connectivity index (χ1v) is 6.31. The average Bonchev–Trinajstić information content (AvgIpc) is 2.09. The summed E-state index contributed by atoms with van der Waals surface area (Å²) in [6.45, 7) is 18.0. The van der Waals surface area contributed by atoms with Gasteiger partial charge in [-0.1, -0.05) is 48.5 Å². The van der Waals surface area contributed by atoms with Gasteiger partial charge in [-0.05, 0) is 24.4 Å². The van der Waals surface area contributed by atoms with Crippen molar-refractivity contribution in [2.75, 3.05) is 13.1 Å². The molecule has 0 saturated heterocycles. The van der Waals surface area contributed by atoms with E-state index in [-0.39, 0.29) is 0 Å². The van der Waals surface area contributed by atoms with Crippen LogP contribution in [-0.2, 0) is 0 Å². The fraction of sp³-hybridized carbons (Fsp3) is 1.00. The Balaban J connectivity index is 4.67. The summed E-state index contributed by atoms with van der Waals surface area (Å²) in [5.74, 6) is 0.660. The zero-order valence-corrected chi connectivity index (χ0v) is 11.6. The Bertz CT molecular complexity index is 158. The van der Waals surface area contributed by atoms with E-state index in [4.69, 9.17) is 0 Å². The first-order chi connectivity index (χ1) is 6.84. The quantitative estimate of drug-likeness (QED) is 0.710. The van der Waals surface area contributed by atoms with Crippen LogP contribution in [0.4, 0.5) is 0 Å². The second-order valence-corrected chi connectivity index (χ2v) is 5.73. The molecule has 92 valence electrons. The lowest BCUT2D eigenvalue weighted by molar-refractivity contribution is 0.183. The van der Waals surface area contributed by atoms with Gasteiger partial charge in [-0.2, -0.15) is 0 Å². The van der Waals surface area contributed by atoms with Crippen molar-refractivity contribution >= 4 is 0 Å². The largest absolute Gasteiger partial charge is 0.312 e. The summed E-state index contributed by atoms with van der Waals surface area (Å²) in [7, 11) is 0. The first-order valence-electron chi connectivity index (χ1n) is 6.31. The van der Waals surface area contributed by atoms with Crippen LogP contribution in [0.1, 0.15) is 48.5 Å². The van der Waals surface area contributed by atoms with Gasteiger partial charge in [-0.3, -0.25) is 0 Å². The predicted octanol–water partition coefficient (Wildman–Crippen LogP) is 2.64. The van der Waals surface area contributed by atoms with Gasteiger partial charge in [0, 0.05) is 12.1 Å². The Morgan fingerprint density at radius 3 is 1.67 bits per heavy atom. The number of hydrogen-bond acceptors (Lipinski definition) is 2. The van der Waals surface area contributed by atoms with Crippen LogP contribution in [0.25, 0.3) is 0 Å². The SMILES string of the molecule is CCNC(C(C)C)C(NCC)C(C)(C)C. The molecule has 0 bridgehead atoms. The molecule has 2 atom stereocenters. The van der Waals surface area contributed by atoms with E-state index < -0.39 is 0 Å². The van der Waals surface area contributed by atoms with Crippen molar-refractivity contribution in [3.8, 4) is 0 Å². The minimum Gasteiger partial charge on any atom is -0.312 e. The zero-order valence-electron chi connectivity index (χ0n) is 11.6. The van der Waals surface area contributed by atoms with E-state index in [0.29, 0.717) is 23.4 Å². The standard InChI is InChI=1S/C13H30N2/c1-8-14-11(10(3)4)12(15-9-2)13(5,6)7/h10-12,14-15H,8-9H2,1-7H3. The smallest absolute Gasteiger partial charge is 0.0271 e. The van der Waals surface area contributed by atoms with Crippen LogP contribution < -0.4 is 10.6 Å². The fourth-order valence-corrected chi connectivity index (χ4v) is 2.17. The van der Waals surface area contributed by atoms with Crippen LogP contribution in [0.3, 0.4) is 0 Å². The highest BCUT2D eigenvalue weighted by Gasteiger charge is 2.32. The van der Waals surface area contributed by atoms with Crippen molar-refractivity contribution in [2.45, 2.75) is 60.5 Å². The Morgan fingerprint density at radius 1 is 0.933 bits per heavy atom. The van der Waals surface area contributed by atoms with E-state index >= 15 is 0 Å². The minimum absolute atomic E-state index is 0.299. The molecule has 0 amide bonds. The summed E-state index contributed by atoms with van der Waals surface area (Å²) in [6, 6.07) is 1.08. The number of hydrogen-bond donors (Lipinski definition) is 2. The molecule has 0 rings (SSSR count). The van der Waals surface area contributed by atoms with Gasteiger partial charge < -0.3 is 10.6 Å². The topological polar surface area (TPSA) is 24.1 Å². The Labute approximate surface area is 96.2 Å². The Morgan fingerprint density at radius 2 is 1.40 bits per heavy atom. The summed E-state index contributed by atoms with van der Waals surface area (Å²) in [5, 5.41) is 7.24. The number of nitrogens with one attached hydrogen (secondary N) is 2. The van der Waals surface area contributed by atoms with Crippen LogP contribution >= 0.6 is 0 Å². The van der Waals surface area contributed by atoms with Crippen molar-refractivity contribution in [3.05, 3.63) is 0 Å². The van der Waals surface area contributed by atoms with Crippen molar-refractivity contribution in [3.63, 3.8) is 0 Å². The van der Waals surface area contributed by atoms with Crippen LogP contribution in [0.15, 0.2) is 0 Å². The lowest BCUT2D eigenvalue weighted by Crippen LogP contribution is -2.56. The molecule has 0 fully saturated rings. The Hall–Kier alpha value is -0.0800. The van der Waals surface area contributed by atoms with E-state index in [0.717, 1.165) is 13.1 Å². The van der Waals surface area contributed by atoms with Gasteiger partial charge in [0.1, 0.15) is 0 Å². The first kappa shape index (κ1) is 14.9. The molecule has 0 radical (unpaired) electrons. The highest BCUT2D eigenvalue weighted by atomic mass is 15.0. The molecule has 2 heteroatoms. The molecule has 0 aliphatic carbocycles. The van der Waals surface area contributed by atoms with Crippen LogP contribution in [0, 0.1) is 11.3 Å². The molecule has 0 heterocycles. The molecule has 2 nitrogen and oxygen atoms in total. The second kappa shape index (κ2) is 6.49. The zero-order chi connectivity index (χ0) is 12.1. The molecular weight excluding hydrogens is 184 g/mol. The molecule has 0 aromatic carbocycles. The van der Waals surface area contributed by atoms with Gasteiger partial charge in [0.25, 0.3) is 0 Å². The maximum absolute atomic E-state index is 3.63. The molecule has 0 aliphatic heterocycles. The molecular formula is C13H30N2. The highest BCUT2D eigenvalue weighted by Crippen LogP contribution is 2.25. The van der Waals surface area contributed by atoms with Gasteiger partial charge in [0.2, 0.25) is 0 Å². The maximum atomic E-state index is 3.63. The van der Waals surface area contributed by atoms with E-state index in [9.17, 15) is 0 Å². The lowest BCUT2D eigenvalue weighted by atomic mass is 9.78. The van der Waals surface area contributed by atoms with Crippen LogP contribution in [0.5, 0.6) is 0 Å². The minimum atomic E-state index is 0.299. The monoisotopic (exact) mass is 214 g/mol. The van der Waals surface area contributed by atoms with E-state index in [1.54, 1.807) is 0 Å². The summed E-state index contributed by atoms with van der Waals surface area (Å²) in [6.07, 6.45) is 0. The maximum Gasteiger partial charge on any atom is 0.0271 e. The summed E-state index contributed by atoms with van der Waals surface area (Å²) in [5.41, 5.74) is 0.299. The number of rotatable bonds is 6. The molecule has 0 aliphatic rings. The molecule has 0 aromatic heterocycles. The molecule has 0 spiro atoms. The van der Waals surface area contributed by atoms with Crippen molar-refractivity contribution in [1.82, 2.24) is 10.6 Å². The molecule has 0 aromatic rings. The van der Waals surface area contributed by atoms with Crippen molar-refractivity contribution in [2.24, 2.45) is 11.3 Å². The molecule has 15 heavy (non-hydrogen) atoms. The van der Waals surface area contributed by atoms with E-state index in [1.807, 2.05) is 0 Å². The Kier molecular flexibility index (Phi) is 6.46. The molecule has 2 unspecified atom stereocenters. The van der Waals surface area contributed by atoms with Crippen LogP contribution in [-0.4, -0.2) is 25.2 Å². The lowest BCUT2D eigenvalue weighted by Gasteiger charge is -2.40. The fourth-order valence-electron chi connectivity index (χ4n) is 2.17.